The first-order valence-corrected chi connectivity index (χ1v) is 22.5. The molecule has 0 aliphatic heterocycles. The number of hydrogen-bond donors (Lipinski definition) is 0. The predicted octanol–water partition coefficient (Wildman–Crippen LogP) is 13.9. The number of para-hydroxylation sites is 4. The van der Waals surface area contributed by atoms with Gasteiger partial charge in [0, 0.05) is 38.6 Å². The van der Waals surface area contributed by atoms with Gasteiger partial charge >= 0.3 is 0 Å². The Morgan fingerprint density at radius 1 is 0.400 bits per heavy atom. The van der Waals surface area contributed by atoms with E-state index < -0.39 is 0 Å². The molecular weight excluding hydrogens is 789 g/mol. The molecular formula is C61H40N4. The van der Waals surface area contributed by atoms with Crippen molar-refractivity contribution in [3.63, 3.8) is 0 Å². The van der Waals surface area contributed by atoms with Crippen LogP contribution >= 0.6 is 0 Å². The number of fused-ring (bicyclic) bond motifs is 14. The lowest BCUT2D eigenvalue weighted by Crippen LogP contribution is -2.27. The fourth-order valence-corrected chi connectivity index (χ4v) is 11.2. The van der Waals surface area contributed by atoms with Crippen LogP contribution in [0.1, 0.15) is 13.8 Å². The van der Waals surface area contributed by atoms with Crippen LogP contribution < -0.4 is 10.4 Å². The molecule has 3 aromatic heterocycles. The summed E-state index contributed by atoms with van der Waals surface area (Å²) in [6.45, 7) is 4.66. The molecule has 0 unspecified atom stereocenters. The van der Waals surface area contributed by atoms with Gasteiger partial charge in [-0.1, -0.05) is 159 Å². The summed E-state index contributed by atoms with van der Waals surface area (Å²) >= 11 is 0. The Labute approximate surface area is 374 Å². The maximum Gasteiger partial charge on any atom is 0.163 e. The van der Waals surface area contributed by atoms with E-state index in [0.717, 1.165) is 50.4 Å². The minimum Gasteiger partial charge on any atom is -0.294 e. The highest BCUT2D eigenvalue weighted by Crippen LogP contribution is 2.42. The summed E-state index contributed by atoms with van der Waals surface area (Å²) in [5, 5.41) is 15.1. The first-order valence-electron chi connectivity index (χ1n) is 22.5. The molecule has 12 aromatic rings. The van der Waals surface area contributed by atoms with Gasteiger partial charge in [-0.25, -0.2) is 9.97 Å². The number of benzene rings is 9. The van der Waals surface area contributed by atoms with Crippen molar-refractivity contribution in [2.45, 2.75) is 13.8 Å². The molecule has 0 N–H and O–H groups in total. The minimum atomic E-state index is -0.0404. The van der Waals surface area contributed by atoms with Crippen molar-refractivity contribution in [1.82, 2.24) is 19.1 Å². The Morgan fingerprint density at radius 3 is 1.46 bits per heavy atom. The summed E-state index contributed by atoms with van der Waals surface area (Å²) in [6, 6.07) is 66.2. The number of allylic oxidation sites excluding steroid dienone is 4. The second kappa shape index (κ2) is 13.3. The van der Waals surface area contributed by atoms with Crippen LogP contribution in [0.25, 0.3) is 122 Å². The summed E-state index contributed by atoms with van der Waals surface area (Å²) in [6.07, 6.45) is 9.17. The highest BCUT2D eigenvalue weighted by Gasteiger charge is 2.28. The van der Waals surface area contributed by atoms with Gasteiger partial charge in [-0.2, -0.15) is 0 Å². The Morgan fingerprint density at radius 2 is 0.877 bits per heavy atom. The van der Waals surface area contributed by atoms with Crippen molar-refractivity contribution in [2.75, 3.05) is 0 Å². The number of nitrogens with zero attached hydrogens (tertiary/aromatic N) is 4. The van der Waals surface area contributed by atoms with Crippen molar-refractivity contribution in [3.8, 4) is 34.2 Å². The van der Waals surface area contributed by atoms with E-state index in [9.17, 15) is 0 Å². The normalized spacial score (nSPS) is 14.2. The predicted molar refractivity (Wildman–Crippen MR) is 272 cm³/mol. The molecule has 9 aromatic carbocycles. The molecule has 2 aliphatic carbocycles. The molecule has 0 radical (unpaired) electrons. The van der Waals surface area contributed by atoms with Crippen molar-refractivity contribution in [1.29, 1.82) is 0 Å². The first-order chi connectivity index (χ1) is 32.0. The molecule has 0 atom stereocenters. The zero-order valence-electron chi connectivity index (χ0n) is 35.9. The fraction of sp³-hybridized carbons (Fsp3) is 0.0492. The molecule has 0 saturated carbocycles. The van der Waals surface area contributed by atoms with E-state index in [2.05, 4.69) is 229 Å². The van der Waals surface area contributed by atoms with Gasteiger partial charge in [0.1, 0.15) is 11.6 Å². The van der Waals surface area contributed by atoms with Gasteiger partial charge < -0.3 is 0 Å². The molecule has 4 heteroatoms. The van der Waals surface area contributed by atoms with Crippen molar-refractivity contribution >= 4 is 87.6 Å². The third-order valence-corrected chi connectivity index (χ3v) is 14.1. The van der Waals surface area contributed by atoms with Crippen LogP contribution in [0.2, 0.25) is 0 Å². The van der Waals surface area contributed by atoms with E-state index in [1.165, 1.54) is 75.4 Å². The fourth-order valence-electron chi connectivity index (χ4n) is 11.2. The second-order valence-electron chi connectivity index (χ2n) is 18.2. The molecule has 304 valence electrons. The van der Waals surface area contributed by atoms with E-state index in [1.54, 1.807) is 0 Å². The zero-order chi connectivity index (χ0) is 43.0. The molecule has 0 spiro atoms. The van der Waals surface area contributed by atoms with Gasteiger partial charge in [-0.05, 0) is 120 Å². The van der Waals surface area contributed by atoms with Gasteiger partial charge in [-0.3, -0.25) is 9.13 Å². The SMILES string of the molecule is CC1(C)C=CC=C2C=c3cc4c5ccccc5c5cc(-c6cccc(-c7nc(-n8c9ccccc9c9ccccc98)cc(-n8c9ccccc9c9ccccc98)n7)c6)ccc5c4cc3=C21. The van der Waals surface area contributed by atoms with Crippen LogP contribution in [0, 0.1) is 5.41 Å². The van der Waals surface area contributed by atoms with Gasteiger partial charge in [0.05, 0.1) is 22.1 Å². The summed E-state index contributed by atoms with van der Waals surface area (Å²) in [5.41, 5.74) is 10.3. The molecule has 2 aliphatic rings. The Hall–Kier alpha value is -8.34. The smallest absolute Gasteiger partial charge is 0.163 e. The zero-order valence-corrected chi connectivity index (χ0v) is 35.9. The maximum atomic E-state index is 5.47. The highest BCUT2D eigenvalue weighted by molar-refractivity contribution is 6.26. The number of hydrogen-bond acceptors (Lipinski definition) is 2. The monoisotopic (exact) mass is 828 g/mol. The average molecular weight is 829 g/mol. The van der Waals surface area contributed by atoms with Gasteiger partial charge in [0.25, 0.3) is 0 Å². The third-order valence-electron chi connectivity index (χ3n) is 14.1. The molecule has 4 nitrogen and oxygen atoms in total. The van der Waals surface area contributed by atoms with E-state index in [4.69, 9.17) is 9.97 Å². The van der Waals surface area contributed by atoms with Gasteiger partial charge in [-0.15, -0.1) is 0 Å². The van der Waals surface area contributed by atoms with E-state index in [1.807, 2.05) is 0 Å². The summed E-state index contributed by atoms with van der Waals surface area (Å²) < 4.78 is 4.59. The molecule has 14 rings (SSSR count). The van der Waals surface area contributed by atoms with Gasteiger partial charge in [0.2, 0.25) is 0 Å². The lowest BCUT2D eigenvalue weighted by molar-refractivity contribution is 0.644. The van der Waals surface area contributed by atoms with Crippen LogP contribution in [0.3, 0.4) is 0 Å². The standard InChI is InChI=1S/C61H40N4/c1-61(2)30-14-17-39-32-41-34-51-43-19-4-3-18-42(43)50-33-38(28-29-44(50)52(51)35-49(41)59(39)61)37-15-13-16-40(31-37)60-62-57(64-53-24-9-5-20-45(53)46-21-6-10-25-54(46)64)36-58(63-60)65-55-26-11-7-22-47(55)48-23-8-12-27-56(48)65/h3-36H,1-2H3. The highest BCUT2D eigenvalue weighted by atomic mass is 15.1. The number of aromatic nitrogens is 4. The van der Waals surface area contributed by atoms with Crippen LogP contribution in [0.15, 0.2) is 206 Å². The van der Waals surface area contributed by atoms with E-state index in [-0.39, 0.29) is 5.41 Å². The summed E-state index contributed by atoms with van der Waals surface area (Å²) in [4.78, 5) is 10.9. The topological polar surface area (TPSA) is 35.6 Å². The lowest BCUT2D eigenvalue weighted by atomic mass is 9.77. The van der Waals surface area contributed by atoms with E-state index >= 15 is 0 Å². The second-order valence-corrected chi connectivity index (χ2v) is 18.2. The average Bonchev–Trinajstić information content (AvgIpc) is 4.01. The summed E-state index contributed by atoms with van der Waals surface area (Å²) in [5.74, 6) is 2.30. The van der Waals surface area contributed by atoms with Crippen LogP contribution in [0.5, 0.6) is 0 Å². The van der Waals surface area contributed by atoms with Gasteiger partial charge in [0.15, 0.2) is 5.82 Å². The van der Waals surface area contributed by atoms with E-state index in [0.29, 0.717) is 5.82 Å². The quantitative estimate of drug-likeness (QED) is 0.166. The van der Waals surface area contributed by atoms with Crippen molar-refractivity contribution in [3.05, 3.63) is 216 Å². The van der Waals surface area contributed by atoms with Crippen molar-refractivity contribution in [2.24, 2.45) is 5.41 Å². The largest absolute Gasteiger partial charge is 0.294 e. The molecule has 3 heterocycles. The van der Waals surface area contributed by atoms with Crippen molar-refractivity contribution < 1.29 is 0 Å². The number of rotatable bonds is 4. The molecule has 65 heavy (non-hydrogen) atoms. The Kier molecular flexibility index (Phi) is 7.42. The molecule has 0 amide bonds. The molecule has 0 saturated heterocycles. The first kappa shape index (κ1) is 36.2. The lowest BCUT2D eigenvalue weighted by Gasteiger charge is -2.26. The molecule has 0 fully saturated rings. The summed E-state index contributed by atoms with van der Waals surface area (Å²) in [7, 11) is 0. The molecule has 0 bridgehead atoms. The van der Waals surface area contributed by atoms with Crippen LogP contribution in [-0.4, -0.2) is 19.1 Å². The minimum absolute atomic E-state index is 0.0404. The van der Waals surface area contributed by atoms with Crippen LogP contribution in [-0.2, 0) is 0 Å². The Balaban J connectivity index is 0.988. The Bertz CT molecular complexity index is 4030. The maximum absolute atomic E-state index is 5.47. The third kappa shape index (κ3) is 5.25. The van der Waals surface area contributed by atoms with Crippen LogP contribution in [0.4, 0.5) is 0 Å².